The summed E-state index contributed by atoms with van der Waals surface area (Å²) < 4.78 is 0. The number of benzene rings is 1. The van der Waals surface area contributed by atoms with Crippen LogP contribution in [0.25, 0.3) is 0 Å². The first-order chi connectivity index (χ1) is 10.3. The number of aromatic nitrogens is 1. The van der Waals surface area contributed by atoms with Gasteiger partial charge in [-0.05, 0) is 55.0 Å². The molecule has 0 amide bonds. The fourth-order valence-electron chi connectivity index (χ4n) is 2.98. The molecule has 2 heteroatoms. The summed E-state index contributed by atoms with van der Waals surface area (Å²) >= 11 is 0. The minimum Gasteiger partial charge on any atom is -0.306 e. The fourth-order valence-corrected chi connectivity index (χ4v) is 2.98. The van der Waals surface area contributed by atoms with Crippen LogP contribution >= 0.6 is 0 Å². The molecule has 3 rings (SSSR count). The zero-order valence-corrected chi connectivity index (χ0v) is 13.0. The van der Waals surface area contributed by atoms with E-state index < -0.39 is 0 Å². The molecule has 1 unspecified atom stereocenters. The van der Waals surface area contributed by atoms with Crippen molar-refractivity contribution < 1.29 is 0 Å². The normalized spacial score (nSPS) is 16.5. The van der Waals surface area contributed by atoms with Crippen LogP contribution < -0.4 is 5.32 Å². The molecule has 1 fully saturated rings. The second-order valence-corrected chi connectivity index (χ2v) is 6.02. The summed E-state index contributed by atoms with van der Waals surface area (Å²) in [6.45, 7) is 5.12. The summed E-state index contributed by atoms with van der Waals surface area (Å²) in [4.78, 5) is 4.44. The standard InChI is InChI=1S/C19H24N2/c1-3-20-19(18-8-7-14(2)21-13-18)17-11-9-16(10-12-17)15-5-4-6-15/h7-13,15,19-20H,3-6H2,1-2H3. The lowest BCUT2D eigenvalue weighted by Gasteiger charge is -2.26. The first-order valence-corrected chi connectivity index (χ1v) is 8.03. The van der Waals surface area contributed by atoms with E-state index in [1.165, 1.54) is 36.0 Å². The Kier molecular flexibility index (Phi) is 4.35. The fraction of sp³-hybridized carbons (Fsp3) is 0.421. The zero-order valence-electron chi connectivity index (χ0n) is 13.0. The van der Waals surface area contributed by atoms with Crippen molar-refractivity contribution in [3.8, 4) is 0 Å². The molecule has 1 atom stereocenters. The Hall–Kier alpha value is -1.67. The highest BCUT2D eigenvalue weighted by atomic mass is 14.9. The number of pyridine rings is 1. The molecule has 2 nitrogen and oxygen atoms in total. The third-order valence-corrected chi connectivity index (χ3v) is 4.52. The van der Waals surface area contributed by atoms with Gasteiger partial charge in [0.05, 0.1) is 6.04 Å². The van der Waals surface area contributed by atoms with E-state index in [0.717, 1.165) is 18.2 Å². The second-order valence-electron chi connectivity index (χ2n) is 6.02. The Morgan fingerprint density at radius 3 is 2.33 bits per heavy atom. The molecule has 1 saturated carbocycles. The molecule has 1 N–H and O–H groups in total. The van der Waals surface area contributed by atoms with E-state index in [0.29, 0.717) is 0 Å². The summed E-state index contributed by atoms with van der Waals surface area (Å²) in [6, 6.07) is 13.7. The van der Waals surface area contributed by atoms with Crippen LogP contribution in [0.3, 0.4) is 0 Å². The largest absolute Gasteiger partial charge is 0.306 e. The van der Waals surface area contributed by atoms with E-state index >= 15 is 0 Å². The van der Waals surface area contributed by atoms with Gasteiger partial charge in [0, 0.05) is 11.9 Å². The highest BCUT2D eigenvalue weighted by molar-refractivity contribution is 5.34. The molecule has 0 bridgehead atoms. The van der Waals surface area contributed by atoms with Crippen LogP contribution in [-0.2, 0) is 0 Å². The quantitative estimate of drug-likeness (QED) is 0.880. The Morgan fingerprint density at radius 2 is 1.81 bits per heavy atom. The topological polar surface area (TPSA) is 24.9 Å². The van der Waals surface area contributed by atoms with Crippen molar-refractivity contribution >= 4 is 0 Å². The van der Waals surface area contributed by atoms with Gasteiger partial charge in [0.15, 0.2) is 0 Å². The average Bonchev–Trinajstić information content (AvgIpc) is 2.45. The van der Waals surface area contributed by atoms with E-state index in [2.05, 4.69) is 53.6 Å². The Labute approximate surface area is 127 Å². The predicted octanol–water partition coefficient (Wildman–Crippen LogP) is 4.36. The molecule has 1 aromatic carbocycles. The van der Waals surface area contributed by atoms with E-state index in [4.69, 9.17) is 0 Å². The summed E-state index contributed by atoms with van der Waals surface area (Å²) in [5.74, 6) is 0.803. The summed E-state index contributed by atoms with van der Waals surface area (Å²) in [5, 5.41) is 3.57. The lowest BCUT2D eigenvalue weighted by atomic mass is 9.79. The highest BCUT2D eigenvalue weighted by Gasteiger charge is 2.20. The molecule has 1 aliphatic rings. The Morgan fingerprint density at radius 1 is 1.10 bits per heavy atom. The van der Waals surface area contributed by atoms with Gasteiger partial charge < -0.3 is 5.32 Å². The van der Waals surface area contributed by atoms with E-state index in [1.807, 2.05) is 13.1 Å². The van der Waals surface area contributed by atoms with Gasteiger partial charge in [-0.25, -0.2) is 0 Å². The molecule has 0 saturated heterocycles. The van der Waals surface area contributed by atoms with Gasteiger partial charge in [0.1, 0.15) is 0 Å². The molecule has 0 aliphatic heterocycles. The van der Waals surface area contributed by atoms with Crippen LogP contribution in [0.5, 0.6) is 0 Å². The lowest BCUT2D eigenvalue weighted by molar-refractivity contribution is 0.419. The predicted molar refractivity (Wildman–Crippen MR) is 87.5 cm³/mol. The summed E-state index contributed by atoms with van der Waals surface area (Å²) in [7, 11) is 0. The van der Waals surface area contributed by atoms with Crippen LogP contribution in [-0.4, -0.2) is 11.5 Å². The number of hydrogen-bond acceptors (Lipinski definition) is 2. The molecular weight excluding hydrogens is 256 g/mol. The minimum atomic E-state index is 0.235. The van der Waals surface area contributed by atoms with Gasteiger partial charge in [-0.15, -0.1) is 0 Å². The smallest absolute Gasteiger partial charge is 0.0591 e. The number of aryl methyl sites for hydroxylation is 1. The van der Waals surface area contributed by atoms with Gasteiger partial charge in [0.2, 0.25) is 0 Å². The lowest BCUT2D eigenvalue weighted by Crippen LogP contribution is -2.22. The van der Waals surface area contributed by atoms with E-state index in [9.17, 15) is 0 Å². The first kappa shape index (κ1) is 14.3. The molecular formula is C19H24N2. The molecule has 1 heterocycles. The molecule has 21 heavy (non-hydrogen) atoms. The van der Waals surface area contributed by atoms with Crippen molar-refractivity contribution in [2.75, 3.05) is 6.54 Å². The molecule has 0 radical (unpaired) electrons. The van der Waals surface area contributed by atoms with Gasteiger partial charge in [-0.3, -0.25) is 4.98 Å². The van der Waals surface area contributed by atoms with Crippen molar-refractivity contribution in [3.05, 3.63) is 65.0 Å². The van der Waals surface area contributed by atoms with Crippen LogP contribution in [0, 0.1) is 6.92 Å². The van der Waals surface area contributed by atoms with Crippen LogP contribution in [0.15, 0.2) is 42.6 Å². The van der Waals surface area contributed by atoms with E-state index in [1.54, 1.807) is 0 Å². The maximum Gasteiger partial charge on any atom is 0.0591 e. The van der Waals surface area contributed by atoms with Crippen LogP contribution in [0.1, 0.15) is 60.5 Å². The van der Waals surface area contributed by atoms with Crippen molar-refractivity contribution in [1.29, 1.82) is 0 Å². The summed E-state index contributed by atoms with van der Waals surface area (Å²) in [5.41, 5.74) is 5.13. The van der Waals surface area contributed by atoms with Crippen molar-refractivity contribution in [3.63, 3.8) is 0 Å². The first-order valence-electron chi connectivity index (χ1n) is 8.03. The molecule has 0 spiro atoms. The summed E-state index contributed by atoms with van der Waals surface area (Å²) in [6.07, 6.45) is 6.10. The van der Waals surface area contributed by atoms with Gasteiger partial charge in [-0.2, -0.15) is 0 Å². The Balaban J connectivity index is 1.84. The number of nitrogens with zero attached hydrogens (tertiary/aromatic N) is 1. The van der Waals surface area contributed by atoms with Crippen LogP contribution in [0.2, 0.25) is 0 Å². The number of hydrogen-bond donors (Lipinski definition) is 1. The SMILES string of the molecule is CCNC(c1ccc(C2CCC2)cc1)c1ccc(C)nc1. The van der Waals surface area contributed by atoms with Crippen molar-refractivity contribution in [2.45, 2.75) is 45.1 Å². The number of nitrogens with one attached hydrogen (secondary N) is 1. The van der Waals surface area contributed by atoms with E-state index in [-0.39, 0.29) is 6.04 Å². The van der Waals surface area contributed by atoms with Gasteiger partial charge >= 0.3 is 0 Å². The highest BCUT2D eigenvalue weighted by Crippen LogP contribution is 2.36. The third kappa shape index (κ3) is 3.16. The molecule has 2 aromatic rings. The van der Waals surface area contributed by atoms with Gasteiger partial charge in [0.25, 0.3) is 0 Å². The van der Waals surface area contributed by atoms with Gasteiger partial charge in [-0.1, -0.05) is 43.7 Å². The zero-order chi connectivity index (χ0) is 14.7. The molecule has 110 valence electrons. The Bertz CT molecular complexity index is 568. The molecule has 1 aliphatic carbocycles. The number of rotatable bonds is 5. The third-order valence-electron chi connectivity index (χ3n) is 4.52. The van der Waals surface area contributed by atoms with Crippen molar-refractivity contribution in [1.82, 2.24) is 10.3 Å². The van der Waals surface area contributed by atoms with Crippen molar-refractivity contribution in [2.24, 2.45) is 0 Å². The average molecular weight is 280 g/mol. The second kappa shape index (κ2) is 6.40. The maximum absolute atomic E-state index is 4.44. The van der Waals surface area contributed by atoms with Crippen LogP contribution in [0.4, 0.5) is 0 Å². The molecule has 1 aromatic heterocycles. The monoisotopic (exact) mass is 280 g/mol. The maximum atomic E-state index is 4.44. The minimum absolute atomic E-state index is 0.235.